The maximum absolute atomic E-state index is 3.53. The minimum Gasteiger partial charge on any atom is -0.372 e. The van der Waals surface area contributed by atoms with E-state index in [1.165, 1.54) is 11.3 Å². The Bertz CT molecular complexity index is 319. The number of nitrogens with one attached hydrogen (secondary N) is 2. The van der Waals surface area contributed by atoms with Gasteiger partial charge in [0.2, 0.25) is 0 Å². The lowest BCUT2D eigenvalue weighted by Gasteiger charge is -2.28. The molecule has 1 aliphatic heterocycles. The summed E-state index contributed by atoms with van der Waals surface area (Å²) in [7, 11) is 0. The van der Waals surface area contributed by atoms with Gasteiger partial charge in [-0.3, -0.25) is 4.90 Å². The van der Waals surface area contributed by atoms with Crippen molar-refractivity contribution in [2.24, 2.45) is 0 Å². The second kappa shape index (κ2) is 5.87. The fourth-order valence-corrected chi connectivity index (χ4v) is 2.07. The zero-order chi connectivity index (χ0) is 11.2. The van der Waals surface area contributed by atoms with E-state index in [2.05, 4.69) is 46.7 Å². The zero-order valence-electron chi connectivity index (χ0n) is 10.00. The molecule has 0 saturated carbocycles. The van der Waals surface area contributed by atoms with E-state index in [-0.39, 0.29) is 0 Å². The minimum absolute atomic E-state index is 0.957. The second-order valence-electron chi connectivity index (χ2n) is 4.21. The topological polar surface area (TPSA) is 27.3 Å². The average molecular weight is 219 g/mol. The Labute approximate surface area is 97.8 Å². The molecule has 0 aliphatic carbocycles. The summed E-state index contributed by atoms with van der Waals surface area (Å²) in [5.74, 6) is 0. The Morgan fingerprint density at radius 3 is 2.75 bits per heavy atom. The lowest BCUT2D eigenvalue weighted by molar-refractivity contribution is 0.256. The van der Waals surface area contributed by atoms with Gasteiger partial charge in [-0.25, -0.2) is 0 Å². The first-order valence-electron chi connectivity index (χ1n) is 6.15. The SMILES string of the molecule is CCc1ccccc1NCN1CCNCC1. The summed E-state index contributed by atoms with van der Waals surface area (Å²) in [4.78, 5) is 2.45. The molecular formula is C13H21N3. The quantitative estimate of drug-likeness (QED) is 0.804. The predicted molar refractivity (Wildman–Crippen MR) is 68.8 cm³/mol. The van der Waals surface area contributed by atoms with Crippen molar-refractivity contribution in [2.75, 3.05) is 38.2 Å². The zero-order valence-corrected chi connectivity index (χ0v) is 10.00. The van der Waals surface area contributed by atoms with E-state index in [1.807, 2.05) is 0 Å². The van der Waals surface area contributed by atoms with Gasteiger partial charge in [-0.15, -0.1) is 0 Å². The molecule has 2 N–H and O–H groups in total. The van der Waals surface area contributed by atoms with Crippen LogP contribution in [0.25, 0.3) is 0 Å². The molecule has 0 aromatic heterocycles. The second-order valence-corrected chi connectivity index (χ2v) is 4.21. The van der Waals surface area contributed by atoms with Gasteiger partial charge in [0, 0.05) is 31.9 Å². The number of benzene rings is 1. The molecule has 1 aromatic rings. The van der Waals surface area contributed by atoms with E-state index in [0.717, 1.165) is 39.3 Å². The highest BCUT2D eigenvalue weighted by Gasteiger charge is 2.08. The number of aryl methyl sites for hydroxylation is 1. The summed E-state index contributed by atoms with van der Waals surface area (Å²) < 4.78 is 0. The minimum atomic E-state index is 0.957. The summed E-state index contributed by atoms with van der Waals surface area (Å²) in [5, 5.41) is 6.90. The molecule has 2 rings (SSSR count). The molecule has 0 spiro atoms. The van der Waals surface area contributed by atoms with Gasteiger partial charge in [0.15, 0.2) is 0 Å². The van der Waals surface area contributed by atoms with Crippen molar-refractivity contribution in [3.8, 4) is 0 Å². The Hall–Kier alpha value is -1.06. The summed E-state index contributed by atoms with van der Waals surface area (Å²) in [5.41, 5.74) is 2.68. The molecule has 0 unspecified atom stereocenters. The molecule has 0 radical (unpaired) electrons. The van der Waals surface area contributed by atoms with Crippen molar-refractivity contribution in [1.29, 1.82) is 0 Å². The van der Waals surface area contributed by atoms with Crippen molar-refractivity contribution < 1.29 is 0 Å². The lowest BCUT2D eigenvalue weighted by Crippen LogP contribution is -2.45. The molecule has 1 fully saturated rings. The first-order chi connectivity index (χ1) is 7.90. The fourth-order valence-electron chi connectivity index (χ4n) is 2.07. The highest BCUT2D eigenvalue weighted by atomic mass is 15.3. The largest absolute Gasteiger partial charge is 0.372 e. The lowest BCUT2D eigenvalue weighted by atomic mass is 10.1. The van der Waals surface area contributed by atoms with Gasteiger partial charge in [-0.05, 0) is 18.1 Å². The molecule has 1 aromatic carbocycles. The molecule has 3 heteroatoms. The number of hydrogen-bond acceptors (Lipinski definition) is 3. The summed E-state index contributed by atoms with van der Waals surface area (Å²) >= 11 is 0. The summed E-state index contributed by atoms with van der Waals surface area (Å²) in [6.45, 7) is 7.65. The van der Waals surface area contributed by atoms with Crippen molar-refractivity contribution in [2.45, 2.75) is 13.3 Å². The number of piperazine rings is 1. The molecule has 0 bridgehead atoms. The maximum atomic E-state index is 3.53. The van der Waals surface area contributed by atoms with Crippen LogP contribution < -0.4 is 10.6 Å². The first kappa shape index (κ1) is 11.4. The van der Waals surface area contributed by atoms with Crippen molar-refractivity contribution in [3.05, 3.63) is 29.8 Å². The van der Waals surface area contributed by atoms with Crippen LogP contribution in [0.15, 0.2) is 24.3 Å². The van der Waals surface area contributed by atoms with Gasteiger partial charge in [-0.2, -0.15) is 0 Å². The molecule has 16 heavy (non-hydrogen) atoms. The number of para-hydroxylation sites is 1. The average Bonchev–Trinajstić information content (AvgIpc) is 2.38. The molecule has 1 heterocycles. The highest BCUT2D eigenvalue weighted by Crippen LogP contribution is 2.15. The highest BCUT2D eigenvalue weighted by molar-refractivity contribution is 5.50. The third kappa shape index (κ3) is 2.97. The van der Waals surface area contributed by atoms with E-state index in [1.54, 1.807) is 0 Å². The van der Waals surface area contributed by atoms with Gasteiger partial charge in [0.25, 0.3) is 0 Å². The van der Waals surface area contributed by atoms with Crippen LogP contribution in [0.3, 0.4) is 0 Å². The predicted octanol–water partition coefficient (Wildman–Crippen LogP) is 1.52. The monoisotopic (exact) mass is 219 g/mol. The Morgan fingerprint density at radius 2 is 2.00 bits per heavy atom. The van der Waals surface area contributed by atoms with Gasteiger partial charge < -0.3 is 10.6 Å². The molecule has 1 saturated heterocycles. The van der Waals surface area contributed by atoms with Crippen molar-refractivity contribution in [1.82, 2.24) is 10.2 Å². The summed E-state index contributed by atoms with van der Waals surface area (Å²) in [6, 6.07) is 8.56. The number of hydrogen-bond donors (Lipinski definition) is 2. The van der Waals surface area contributed by atoms with Gasteiger partial charge >= 0.3 is 0 Å². The van der Waals surface area contributed by atoms with E-state index in [9.17, 15) is 0 Å². The van der Waals surface area contributed by atoms with Crippen LogP contribution in [0.2, 0.25) is 0 Å². The van der Waals surface area contributed by atoms with Crippen LogP contribution in [0.5, 0.6) is 0 Å². The molecule has 0 atom stereocenters. The number of rotatable bonds is 4. The molecular weight excluding hydrogens is 198 g/mol. The van der Waals surface area contributed by atoms with Gasteiger partial charge in [0.1, 0.15) is 0 Å². The standard InChI is InChI=1S/C13H21N3/c1-2-12-5-3-4-6-13(12)15-11-16-9-7-14-8-10-16/h3-6,14-15H,2,7-11H2,1H3. The van der Waals surface area contributed by atoms with Crippen LogP contribution in [0, 0.1) is 0 Å². The molecule has 3 nitrogen and oxygen atoms in total. The van der Waals surface area contributed by atoms with Crippen LogP contribution in [0.4, 0.5) is 5.69 Å². The van der Waals surface area contributed by atoms with Crippen LogP contribution in [0.1, 0.15) is 12.5 Å². The number of nitrogens with zero attached hydrogens (tertiary/aromatic N) is 1. The Kier molecular flexibility index (Phi) is 4.19. The van der Waals surface area contributed by atoms with Crippen molar-refractivity contribution >= 4 is 5.69 Å². The summed E-state index contributed by atoms with van der Waals surface area (Å²) in [6.07, 6.45) is 1.09. The van der Waals surface area contributed by atoms with Crippen LogP contribution in [-0.4, -0.2) is 37.7 Å². The van der Waals surface area contributed by atoms with Crippen molar-refractivity contribution in [3.63, 3.8) is 0 Å². The van der Waals surface area contributed by atoms with Gasteiger partial charge in [-0.1, -0.05) is 25.1 Å². The normalized spacial score (nSPS) is 17.3. The van der Waals surface area contributed by atoms with E-state index >= 15 is 0 Å². The van der Waals surface area contributed by atoms with Gasteiger partial charge in [0.05, 0.1) is 6.67 Å². The van der Waals surface area contributed by atoms with Crippen LogP contribution >= 0.6 is 0 Å². The third-order valence-electron chi connectivity index (χ3n) is 3.10. The molecule has 0 amide bonds. The molecule has 1 aliphatic rings. The van der Waals surface area contributed by atoms with E-state index in [4.69, 9.17) is 0 Å². The smallest absolute Gasteiger partial charge is 0.0679 e. The maximum Gasteiger partial charge on any atom is 0.0679 e. The fraction of sp³-hybridized carbons (Fsp3) is 0.538. The Balaban J connectivity index is 1.88. The Morgan fingerprint density at radius 1 is 1.25 bits per heavy atom. The third-order valence-corrected chi connectivity index (χ3v) is 3.10. The van der Waals surface area contributed by atoms with E-state index in [0.29, 0.717) is 0 Å². The molecule has 88 valence electrons. The van der Waals surface area contributed by atoms with Crippen LogP contribution in [-0.2, 0) is 6.42 Å². The van der Waals surface area contributed by atoms with E-state index < -0.39 is 0 Å². The number of anilines is 1. The first-order valence-corrected chi connectivity index (χ1v) is 6.15.